The van der Waals surface area contributed by atoms with E-state index in [1.54, 1.807) is 7.11 Å². The third-order valence-electron chi connectivity index (χ3n) is 5.59. The molecule has 2 fully saturated rings. The Balaban J connectivity index is 1.53. The number of hydrogen-bond acceptors (Lipinski definition) is 3. The van der Waals surface area contributed by atoms with Crippen molar-refractivity contribution in [1.82, 2.24) is 15.1 Å². The normalized spacial score (nSPS) is 29.2. The fourth-order valence-electron chi connectivity index (χ4n) is 4.81. The number of ether oxygens (including phenoxy) is 1. The van der Waals surface area contributed by atoms with Crippen molar-refractivity contribution in [2.24, 2.45) is 16.7 Å². The van der Waals surface area contributed by atoms with Gasteiger partial charge >= 0.3 is 0 Å². The van der Waals surface area contributed by atoms with E-state index in [-0.39, 0.29) is 5.41 Å². The number of carbonyl (C=O) groups is 1. The molecule has 2 heterocycles. The van der Waals surface area contributed by atoms with E-state index in [0.717, 1.165) is 39.0 Å². The van der Waals surface area contributed by atoms with E-state index < -0.39 is 0 Å². The van der Waals surface area contributed by atoms with Crippen LogP contribution in [0.15, 0.2) is 12.4 Å². The van der Waals surface area contributed by atoms with E-state index in [1.165, 1.54) is 5.56 Å². The first-order valence-corrected chi connectivity index (χ1v) is 8.21. The van der Waals surface area contributed by atoms with E-state index in [2.05, 4.69) is 28.9 Å². The number of aromatic amines is 1. The predicted octanol–water partition coefficient (Wildman–Crippen LogP) is 2.25. The minimum atomic E-state index is 0.207. The number of likely N-dealkylation sites (tertiary alicyclic amines) is 1. The number of hydrogen-bond donors (Lipinski definition) is 1. The Bertz CT molecular complexity index is 526. The van der Waals surface area contributed by atoms with Crippen LogP contribution in [-0.4, -0.2) is 47.8 Å². The van der Waals surface area contributed by atoms with Gasteiger partial charge in [-0.05, 0) is 36.2 Å². The lowest BCUT2D eigenvalue weighted by Gasteiger charge is -2.56. The summed E-state index contributed by atoms with van der Waals surface area (Å²) in [5.41, 5.74) is 1.72. The van der Waals surface area contributed by atoms with Crippen LogP contribution in [0.4, 0.5) is 0 Å². The summed E-state index contributed by atoms with van der Waals surface area (Å²) in [7, 11) is 1.77. The SMILES string of the molecule is COC[C@@]12CN(C(=O)CCCc3cn[nH]c3)C[C@@H]1C(C)(C)C2. The van der Waals surface area contributed by atoms with Crippen molar-refractivity contribution in [2.45, 2.75) is 39.5 Å². The van der Waals surface area contributed by atoms with Gasteiger partial charge in [0.2, 0.25) is 5.91 Å². The molecule has 0 aromatic carbocycles. The van der Waals surface area contributed by atoms with Crippen molar-refractivity contribution in [3.63, 3.8) is 0 Å². The molecule has 1 N–H and O–H groups in total. The first-order chi connectivity index (χ1) is 10.5. The summed E-state index contributed by atoms with van der Waals surface area (Å²) in [5.74, 6) is 0.877. The molecule has 0 radical (unpaired) electrons. The zero-order valence-corrected chi connectivity index (χ0v) is 13.9. The third-order valence-corrected chi connectivity index (χ3v) is 5.59. The van der Waals surface area contributed by atoms with Gasteiger partial charge in [-0.2, -0.15) is 5.10 Å². The Hall–Kier alpha value is -1.36. The molecule has 1 amide bonds. The minimum Gasteiger partial charge on any atom is -0.384 e. The van der Waals surface area contributed by atoms with Gasteiger partial charge in [-0.3, -0.25) is 9.89 Å². The van der Waals surface area contributed by atoms with Gasteiger partial charge in [-0.25, -0.2) is 0 Å². The summed E-state index contributed by atoms with van der Waals surface area (Å²) >= 11 is 0. The molecule has 1 aliphatic carbocycles. The number of amides is 1. The Morgan fingerprint density at radius 3 is 3.00 bits per heavy atom. The van der Waals surface area contributed by atoms with Gasteiger partial charge in [-0.15, -0.1) is 0 Å². The molecule has 1 aromatic heterocycles. The molecule has 22 heavy (non-hydrogen) atoms. The molecule has 0 unspecified atom stereocenters. The molecule has 5 nitrogen and oxygen atoms in total. The molecule has 0 bridgehead atoms. The van der Waals surface area contributed by atoms with Crippen LogP contribution in [0.1, 0.15) is 38.7 Å². The maximum atomic E-state index is 12.5. The van der Waals surface area contributed by atoms with Gasteiger partial charge in [0.05, 0.1) is 12.8 Å². The minimum absolute atomic E-state index is 0.207. The highest BCUT2D eigenvalue weighted by atomic mass is 16.5. The number of nitrogens with one attached hydrogen (secondary N) is 1. The van der Waals surface area contributed by atoms with Crippen molar-refractivity contribution in [2.75, 3.05) is 26.8 Å². The highest BCUT2D eigenvalue weighted by molar-refractivity contribution is 5.76. The maximum absolute atomic E-state index is 12.5. The predicted molar refractivity (Wildman–Crippen MR) is 84.3 cm³/mol. The molecule has 122 valence electrons. The van der Waals surface area contributed by atoms with Crippen LogP contribution in [0.25, 0.3) is 0 Å². The number of rotatable bonds is 6. The Morgan fingerprint density at radius 1 is 1.55 bits per heavy atom. The second-order valence-corrected chi connectivity index (χ2v) is 7.75. The molecular weight excluding hydrogens is 278 g/mol. The summed E-state index contributed by atoms with van der Waals surface area (Å²) in [4.78, 5) is 14.6. The van der Waals surface area contributed by atoms with E-state index in [1.807, 2.05) is 12.4 Å². The summed E-state index contributed by atoms with van der Waals surface area (Å²) in [6, 6.07) is 0. The topological polar surface area (TPSA) is 58.2 Å². The average molecular weight is 305 g/mol. The molecule has 1 saturated carbocycles. The van der Waals surface area contributed by atoms with E-state index in [0.29, 0.717) is 23.7 Å². The van der Waals surface area contributed by atoms with Crippen molar-refractivity contribution in [3.05, 3.63) is 18.0 Å². The summed E-state index contributed by atoms with van der Waals surface area (Å²) in [5, 5.41) is 6.75. The number of H-pyrrole nitrogens is 1. The molecule has 3 rings (SSSR count). The second kappa shape index (κ2) is 5.69. The van der Waals surface area contributed by atoms with Crippen LogP contribution in [0, 0.1) is 16.7 Å². The highest BCUT2D eigenvalue weighted by Crippen LogP contribution is 2.62. The molecule has 5 heteroatoms. The highest BCUT2D eigenvalue weighted by Gasteiger charge is 2.63. The lowest BCUT2D eigenvalue weighted by molar-refractivity contribution is -0.131. The smallest absolute Gasteiger partial charge is 0.222 e. The largest absolute Gasteiger partial charge is 0.384 e. The lowest BCUT2D eigenvalue weighted by Crippen LogP contribution is -2.55. The van der Waals surface area contributed by atoms with Crippen LogP contribution in [-0.2, 0) is 16.0 Å². The van der Waals surface area contributed by atoms with Crippen molar-refractivity contribution >= 4 is 5.91 Å². The molecule has 1 saturated heterocycles. The van der Waals surface area contributed by atoms with Gasteiger partial charge in [-0.1, -0.05) is 13.8 Å². The van der Waals surface area contributed by atoms with E-state index in [9.17, 15) is 4.79 Å². The Kier molecular flexibility index (Phi) is 4.02. The van der Waals surface area contributed by atoms with Gasteiger partial charge in [0, 0.05) is 38.2 Å². The van der Waals surface area contributed by atoms with Gasteiger partial charge in [0.25, 0.3) is 0 Å². The Morgan fingerprint density at radius 2 is 2.36 bits per heavy atom. The number of fused-ring (bicyclic) bond motifs is 1. The molecule has 1 aliphatic heterocycles. The van der Waals surface area contributed by atoms with Crippen molar-refractivity contribution < 1.29 is 9.53 Å². The molecule has 2 aliphatic rings. The molecular formula is C17H27N3O2. The fraction of sp³-hybridized carbons (Fsp3) is 0.765. The molecule has 1 aromatic rings. The summed E-state index contributed by atoms with van der Waals surface area (Å²) < 4.78 is 5.45. The van der Waals surface area contributed by atoms with Crippen LogP contribution in [0.2, 0.25) is 0 Å². The van der Waals surface area contributed by atoms with E-state index >= 15 is 0 Å². The lowest BCUT2D eigenvalue weighted by atomic mass is 9.48. The first kappa shape index (κ1) is 15.5. The van der Waals surface area contributed by atoms with Crippen molar-refractivity contribution in [1.29, 1.82) is 0 Å². The zero-order chi connectivity index (χ0) is 15.8. The number of nitrogens with zero attached hydrogens (tertiary/aromatic N) is 2. The maximum Gasteiger partial charge on any atom is 0.222 e. The van der Waals surface area contributed by atoms with Crippen LogP contribution in [0.5, 0.6) is 0 Å². The number of aryl methyl sites for hydroxylation is 1. The molecule has 0 spiro atoms. The summed E-state index contributed by atoms with van der Waals surface area (Å²) in [6.45, 7) is 7.19. The van der Waals surface area contributed by atoms with Crippen LogP contribution < -0.4 is 0 Å². The van der Waals surface area contributed by atoms with Gasteiger partial charge in [0.15, 0.2) is 0 Å². The zero-order valence-electron chi connectivity index (χ0n) is 13.9. The van der Waals surface area contributed by atoms with Crippen LogP contribution >= 0.6 is 0 Å². The fourth-order valence-corrected chi connectivity index (χ4v) is 4.81. The van der Waals surface area contributed by atoms with Crippen molar-refractivity contribution in [3.8, 4) is 0 Å². The Labute approximate surface area is 132 Å². The van der Waals surface area contributed by atoms with Gasteiger partial charge < -0.3 is 9.64 Å². The van der Waals surface area contributed by atoms with Crippen LogP contribution in [0.3, 0.4) is 0 Å². The molecule has 2 atom stereocenters. The average Bonchev–Trinajstić information content (AvgIpc) is 3.05. The third kappa shape index (κ3) is 2.67. The first-order valence-electron chi connectivity index (χ1n) is 8.21. The van der Waals surface area contributed by atoms with Gasteiger partial charge in [0.1, 0.15) is 0 Å². The summed E-state index contributed by atoms with van der Waals surface area (Å²) in [6.07, 6.45) is 7.32. The monoisotopic (exact) mass is 305 g/mol. The standard InChI is InChI=1S/C17H27N3O2/c1-16(2)10-17(12-22-3)11-20(9-14(16)17)15(21)6-4-5-13-7-18-19-8-13/h7-8,14H,4-6,9-12H2,1-3H3,(H,18,19)/t14-,17-/m1/s1. The quantitative estimate of drug-likeness (QED) is 0.877. The number of aromatic nitrogens is 2. The number of methoxy groups -OCH3 is 1. The second-order valence-electron chi connectivity index (χ2n) is 7.75. The number of carbonyl (C=O) groups excluding carboxylic acids is 1. The van der Waals surface area contributed by atoms with E-state index in [4.69, 9.17) is 4.74 Å².